The summed E-state index contributed by atoms with van der Waals surface area (Å²) in [6, 6.07) is 2.76. The number of furan rings is 1. The topological polar surface area (TPSA) is 93.8 Å². The zero-order valence-electron chi connectivity index (χ0n) is 10.5. The Morgan fingerprint density at radius 3 is 2.84 bits per heavy atom. The minimum absolute atomic E-state index is 0.0512. The fourth-order valence-electron chi connectivity index (χ4n) is 2.24. The number of aliphatic hydroxyl groups is 1. The molecule has 2 rings (SSSR count). The Labute approximate surface area is 111 Å². The maximum Gasteiger partial charge on any atom is 0.373 e. The molecule has 0 bridgehead atoms. The smallest absolute Gasteiger partial charge is 0.373 e. The van der Waals surface area contributed by atoms with E-state index in [0.29, 0.717) is 12.8 Å². The third kappa shape index (κ3) is 2.82. The molecule has 6 nitrogen and oxygen atoms in total. The van der Waals surface area contributed by atoms with Crippen molar-refractivity contribution in [1.82, 2.24) is 0 Å². The lowest BCUT2D eigenvalue weighted by Gasteiger charge is -2.25. The van der Waals surface area contributed by atoms with E-state index >= 15 is 0 Å². The molecule has 1 aromatic heterocycles. The van der Waals surface area contributed by atoms with Crippen LogP contribution in [0.3, 0.4) is 0 Å². The van der Waals surface area contributed by atoms with Crippen molar-refractivity contribution in [3.8, 4) is 0 Å². The highest BCUT2D eigenvalue weighted by Crippen LogP contribution is 2.31. The molecule has 1 N–H and O–H groups in total. The summed E-state index contributed by atoms with van der Waals surface area (Å²) in [7, 11) is -2.10. The highest BCUT2D eigenvalue weighted by Gasteiger charge is 2.37. The maximum absolute atomic E-state index is 11.9. The second kappa shape index (κ2) is 5.34. The summed E-state index contributed by atoms with van der Waals surface area (Å²) in [5.74, 6) is -0.551. The van der Waals surface area contributed by atoms with E-state index in [2.05, 4.69) is 4.74 Å². The van der Waals surface area contributed by atoms with E-state index in [9.17, 15) is 18.3 Å². The van der Waals surface area contributed by atoms with Crippen LogP contribution in [0.15, 0.2) is 16.5 Å². The van der Waals surface area contributed by atoms with Crippen molar-refractivity contribution in [2.24, 2.45) is 0 Å². The predicted molar refractivity (Wildman–Crippen MR) is 66.4 cm³/mol. The number of aliphatic hydroxyl groups excluding tert-OH is 1. The average Bonchev–Trinajstić information content (AvgIpc) is 2.86. The maximum atomic E-state index is 11.9. The van der Waals surface area contributed by atoms with Crippen molar-refractivity contribution in [2.45, 2.75) is 30.6 Å². The van der Waals surface area contributed by atoms with Crippen LogP contribution in [0.1, 0.15) is 41.7 Å². The molecule has 1 fully saturated rings. The monoisotopic (exact) mass is 288 g/mol. The number of esters is 1. The van der Waals surface area contributed by atoms with E-state index in [4.69, 9.17) is 4.42 Å². The summed E-state index contributed by atoms with van der Waals surface area (Å²) in [5, 5.41) is 9.26. The Kier molecular flexibility index (Phi) is 3.96. The Hall–Kier alpha value is -1.34. The summed E-state index contributed by atoms with van der Waals surface area (Å²) in [6.45, 7) is 0. The van der Waals surface area contributed by atoms with Crippen LogP contribution in [0.2, 0.25) is 0 Å². The van der Waals surface area contributed by atoms with Gasteiger partial charge < -0.3 is 14.3 Å². The highest BCUT2D eigenvalue weighted by atomic mass is 32.2. The van der Waals surface area contributed by atoms with Gasteiger partial charge in [-0.2, -0.15) is 0 Å². The van der Waals surface area contributed by atoms with Crippen molar-refractivity contribution in [1.29, 1.82) is 0 Å². The number of hydrogen-bond acceptors (Lipinski definition) is 6. The van der Waals surface area contributed by atoms with Crippen molar-refractivity contribution in [3.05, 3.63) is 23.7 Å². The molecule has 0 aliphatic carbocycles. The first-order chi connectivity index (χ1) is 8.95. The molecule has 1 aliphatic rings. The Morgan fingerprint density at radius 1 is 1.47 bits per heavy atom. The largest absolute Gasteiger partial charge is 0.463 e. The van der Waals surface area contributed by atoms with Crippen LogP contribution < -0.4 is 0 Å². The predicted octanol–water partition coefficient (Wildman–Crippen LogP) is 1.07. The Balaban J connectivity index is 2.21. The lowest BCUT2D eigenvalue weighted by molar-refractivity contribution is 0.0554. The van der Waals surface area contributed by atoms with Crippen molar-refractivity contribution in [2.75, 3.05) is 12.9 Å². The van der Waals surface area contributed by atoms with Crippen LogP contribution >= 0.6 is 0 Å². The fraction of sp³-hybridized carbons (Fsp3) is 0.583. The van der Waals surface area contributed by atoms with Crippen LogP contribution in [0.5, 0.6) is 0 Å². The third-order valence-electron chi connectivity index (χ3n) is 3.29. The lowest BCUT2D eigenvalue weighted by Crippen LogP contribution is -2.33. The first kappa shape index (κ1) is 14.1. The highest BCUT2D eigenvalue weighted by molar-refractivity contribution is 7.92. The lowest BCUT2D eigenvalue weighted by atomic mass is 10.1. The van der Waals surface area contributed by atoms with E-state index in [0.717, 1.165) is 6.42 Å². The zero-order valence-corrected chi connectivity index (χ0v) is 11.4. The number of carbonyl (C=O) groups is 1. The van der Waals surface area contributed by atoms with Gasteiger partial charge in [-0.1, -0.05) is 6.42 Å². The number of rotatable bonds is 3. The molecule has 2 heterocycles. The second-order valence-electron chi connectivity index (χ2n) is 4.54. The van der Waals surface area contributed by atoms with Crippen molar-refractivity contribution >= 4 is 15.8 Å². The quantitative estimate of drug-likeness (QED) is 0.836. The molecule has 1 aromatic rings. The van der Waals surface area contributed by atoms with Crippen molar-refractivity contribution in [3.63, 3.8) is 0 Å². The molecule has 1 aliphatic heterocycles. The molecule has 2 atom stereocenters. The Bertz CT molecular complexity index is 559. The zero-order chi connectivity index (χ0) is 14.0. The molecule has 0 radical (unpaired) electrons. The SMILES string of the molecule is COC(=O)c1ccc(C(O)C2CCCCS2(=O)=O)o1. The molecule has 106 valence electrons. The number of methoxy groups -OCH3 is 1. The summed E-state index contributed by atoms with van der Waals surface area (Å²) in [5.41, 5.74) is 0. The average molecular weight is 288 g/mol. The van der Waals surface area contributed by atoms with E-state index in [1.165, 1.54) is 19.2 Å². The minimum Gasteiger partial charge on any atom is -0.463 e. The Morgan fingerprint density at radius 2 is 2.21 bits per heavy atom. The summed E-state index contributed by atoms with van der Waals surface area (Å²) < 4.78 is 33.4. The molecule has 1 saturated heterocycles. The van der Waals surface area contributed by atoms with Gasteiger partial charge in [-0.15, -0.1) is 0 Å². The number of hydrogen-bond donors (Lipinski definition) is 1. The normalized spacial score (nSPS) is 23.8. The van der Waals surface area contributed by atoms with Crippen molar-refractivity contribution < 1.29 is 27.5 Å². The van der Waals surface area contributed by atoms with Gasteiger partial charge in [0.15, 0.2) is 9.84 Å². The van der Waals surface area contributed by atoms with Gasteiger partial charge in [0.2, 0.25) is 5.76 Å². The molecule has 0 amide bonds. The van der Waals surface area contributed by atoms with E-state index in [1.54, 1.807) is 0 Å². The molecule has 0 aromatic carbocycles. The number of ether oxygens (including phenoxy) is 1. The van der Waals surface area contributed by atoms with Gasteiger partial charge in [0.25, 0.3) is 0 Å². The molecule has 0 saturated carbocycles. The minimum atomic E-state index is -3.31. The molecule has 2 unspecified atom stereocenters. The van der Waals surface area contributed by atoms with Gasteiger partial charge in [-0.25, -0.2) is 13.2 Å². The second-order valence-corrected chi connectivity index (χ2v) is 6.88. The number of carbonyl (C=O) groups excluding carboxylic acids is 1. The van der Waals surface area contributed by atoms with E-state index in [-0.39, 0.29) is 17.3 Å². The van der Waals surface area contributed by atoms with Gasteiger partial charge in [0, 0.05) is 0 Å². The van der Waals surface area contributed by atoms with Crippen LogP contribution in [-0.2, 0) is 14.6 Å². The van der Waals surface area contributed by atoms with Crippen LogP contribution in [0.25, 0.3) is 0 Å². The fourth-order valence-corrected chi connectivity index (χ4v) is 4.20. The van der Waals surface area contributed by atoms with Gasteiger partial charge in [0.1, 0.15) is 11.9 Å². The van der Waals surface area contributed by atoms with Gasteiger partial charge >= 0.3 is 5.97 Å². The molecule has 0 spiro atoms. The molecule has 7 heteroatoms. The number of sulfone groups is 1. The first-order valence-corrected chi connectivity index (χ1v) is 7.75. The summed E-state index contributed by atoms with van der Waals surface area (Å²) in [6.07, 6.45) is 0.532. The summed E-state index contributed by atoms with van der Waals surface area (Å²) in [4.78, 5) is 11.2. The molecular weight excluding hydrogens is 272 g/mol. The summed E-state index contributed by atoms with van der Waals surface area (Å²) >= 11 is 0. The van der Waals surface area contributed by atoms with Crippen LogP contribution in [0.4, 0.5) is 0 Å². The van der Waals surface area contributed by atoms with E-state index < -0.39 is 27.2 Å². The van der Waals surface area contributed by atoms with Crippen LogP contribution in [0, 0.1) is 0 Å². The van der Waals surface area contributed by atoms with Gasteiger partial charge in [-0.05, 0) is 25.0 Å². The first-order valence-electron chi connectivity index (χ1n) is 6.03. The molecular formula is C12H16O6S. The van der Waals surface area contributed by atoms with Crippen LogP contribution in [-0.4, -0.2) is 37.6 Å². The standard InChI is InChI=1S/C12H16O6S/c1-17-12(14)9-6-5-8(18-9)11(13)10-4-2-3-7-19(10,15)16/h5-6,10-11,13H,2-4,7H2,1H3. The van der Waals surface area contributed by atoms with Gasteiger partial charge in [-0.3, -0.25) is 0 Å². The molecule has 19 heavy (non-hydrogen) atoms. The third-order valence-corrected chi connectivity index (χ3v) is 5.56. The van der Waals surface area contributed by atoms with E-state index in [1.807, 2.05) is 0 Å². The van der Waals surface area contributed by atoms with Gasteiger partial charge in [0.05, 0.1) is 18.1 Å².